The van der Waals surface area contributed by atoms with Crippen LogP contribution in [0.15, 0.2) is 77.7 Å². The van der Waals surface area contributed by atoms with Gasteiger partial charge in [0, 0.05) is 32.1 Å². The van der Waals surface area contributed by atoms with Gasteiger partial charge < -0.3 is 10.6 Å². The standard InChI is InChI=1S/C26H29N3O4S/c30-25(18-20-6-2-1-3-7-20)27-14-15-28-26(31)22-12-16-29(17-13-22)34(32,33)24-11-10-21-8-4-5-9-23(21)19-24/h1-11,19,22H,12-18H2,(H,27,30)(H,28,31). The highest BCUT2D eigenvalue weighted by molar-refractivity contribution is 7.89. The fraction of sp³-hybridized carbons (Fsp3) is 0.308. The van der Waals surface area contributed by atoms with E-state index in [1.54, 1.807) is 12.1 Å². The number of carbonyl (C=O) groups is 2. The van der Waals surface area contributed by atoms with Crippen LogP contribution in [0.3, 0.4) is 0 Å². The molecule has 2 N–H and O–H groups in total. The van der Waals surface area contributed by atoms with Gasteiger partial charge in [-0.05, 0) is 41.3 Å². The largest absolute Gasteiger partial charge is 0.354 e. The summed E-state index contributed by atoms with van der Waals surface area (Å²) < 4.78 is 27.7. The molecule has 178 valence electrons. The minimum absolute atomic E-state index is 0.0901. The molecule has 34 heavy (non-hydrogen) atoms. The predicted octanol–water partition coefficient (Wildman–Crippen LogP) is 2.72. The van der Waals surface area contributed by atoms with Crippen molar-refractivity contribution in [3.8, 4) is 0 Å². The first-order chi connectivity index (χ1) is 16.4. The molecule has 8 heteroatoms. The molecule has 1 heterocycles. The lowest BCUT2D eigenvalue weighted by Crippen LogP contribution is -2.44. The first kappa shape index (κ1) is 23.9. The number of carbonyl (C=O) groups excluding carboxylic acids is 2. The Morgan fingerprint density at radius 2 is 1.47 bits per heavy atom. The Morgan fingerprint density at radius 3 is 2.21 bits per heavy atom. The summed E-state index contributed by atoms with van der Waals surface area (Å²) in [5.74, 6) is -0.421. The summed E-state index contributed by atoms with van der Waals surface area (Å²) in [5, 5.41) is 7.54. The predicted molar refractivity (Wildman–Crippen MR) is 132 cm³/mol. The number of hydrogen-bond acceptors (Lipinski definition) is 4. The van der Waals surface area contributed by atoms with Crippen LogP contribution in [-0.2, 0) is 26.0 Å². The van der Waals surface area contributed by atoms with Gasteiger partial charge >= 0.3 is 0 Å². The molecule has 0 atom stereocenters. The number of nitrogens with one attached hydrogen (secondary N) is 2. The third-order valence-corrected chi connectivity index (χ3v) is 8.03. The third kappa shape index (κ3) is 5.81. The molecule has 3 aromatic carbocycles. The van der Waals surface area contributed by atoms with E-state index in [0.29, 0.717) is 45.4 Å². The second-order valence-electron chi connectivity index (χ2n) is 8.49. The van der Waals surface area contributed by atoms with Crippen molar-refractivity contribution in [2.45, 2.75) is 24.2 Å². The van der Waals surface area contributed by atoms with Gasteiger partial charge in [0.1, 0.15) is 0 Å². The zero-order chi connectivity index (χ0) is 24.0. The van der Waals surface area contributed by atoms with Crippen LogP contribution < -0.4 is 10.6 Å². The van der Waals surface area contributed by atoms with Crippen LogP contribution in [0.2, 0.25) is 0 Å². The molecule has 1 saturated heterocycles. The van der Waals surface area contributed by atoms with Gasteiger partial charge in [0.25, 0.3) is 0 Å². The average molecular weight is 480 g/mol. The van der Waals surface area contributed by atoms with E-state index in [4.69, 9.17) is 0 Å². The van der Waals surface area contributed by atoms with Crippen molar-refractivity contribution in [2.75, 3.05) is 26.2 Å². The highest BCUT2D eigenvalue weighted by atomic mass is 32.2. The molecule has 4 rings (SSSR count). The van der Waals surface area contributed by atoms with Crippen molar-refractivity contribution >= 4 is 32.6 Å². The van der Waals surface area contributed by atoms with E-state index < -0.39 is 10.0 Å². The summed E-state index contributed by atoms with van der Waals surface area (Å²) in [6.07, 6.45) is 1.25. The Morgan fingerprint density at radius 1 is 0.824 bits per heavy atom. The molecule has 1 aliphatic heterocycles. The number of nitrogens with zero attached hydrogens (tertiary/aromatic N) is 1. The average Bonchev–Trinajstić information content (AvgIpc) is 2.87. The Balaban J connectivity index is 1.22. The number of amides is 2. The number of sulfonamides is 1. The molecule has 0 aromatic heterocycles. The Labute approximate surface area is 200 Å². The maximum Gasteiger partial charge on any atom is 0.243 e. The fourth-order valence-corrected chi connectivity index (χ4v) is 5.72. The third-order valence-electron chi connectivity index (χ3n) is 6.14. The van der Waals surface area contributed by atoms with E-state index >= 15 is 0 Å². The summed E-state index contributed by atoms with van der Waals surface area (Å²) in [6.45, 7) is 1.31. The van der Waals surface area contributed by atoms with Crippen LogP contribution in [0.25, 0.3) is 10.8 Å². The maximum absolute atomic E-state index is 13.1. The summed E-state index contributed by atoms with van der Waals surface area (Å²) in [6, 6.07) is 22.3. The van der Waals surface area contributed by atoms with E-state index in [9.17, 15) is 18.0 Å². The van der Waals surface area contributed by atoms with Gasteiger partial charge in [0.15, 0.2) is 0 Å². The monoisotopic (exact) mass is 479 g/mol. The minimum Gasteiger partial charge on any atom is -0.354 e. The summed E-state index contributed by atoms with van der Waals surface area (Å²) in [7, 11) is -3.60. The van der Waals surface area contributed by atoms with E-state index in [2.05, 4.69) is 10.6 Å². The molecule has 0 aliphatic carbocycles. The summed E-state index contributed by atoms with van der Waals surface area (Å²) in [4.78, 5) is 24.8. The van der Waals surface area contributed by atoms with Gasteiger partial charge in [-0.3, -0.25) is 9.59 Å². The lowest BCUT2D eigenvalue weighted by Gasteiger charge is -2.30. The van der Waals surface area contributed by atoms with Crippen LogP contribution in [0.1, 0.15) is 18.4 Å². The zero-order valence-electron chi connectivity index (χ0n) is 18.9. The first-order valence-electron chi connectivity index (χ1n) is 11.5. The van der Waals surface area contributed by atoms with Crippen molar-refractivity contribution in [1.82, 2.24) is 14.9 Å². The number of piperidine rings is 1. The molecule has 1 aliphatic rings. The Kier molecular flexibility index (Phi) is 7.59. The molecule has 2 amide bonds. The van der Waals surface area contributed by atoms with Gasteiger partial charge in [0.2, 0.25) is 21.8 Å². The minimum atomic E-state index is -3.60. The maximum atomic E-state index is 13.1. The molecule has 0 radical (unpaired) electrons. The molecule has 1 fully saturated rings. The van der Waals surface area contributed by atoms with E-state index in [1.807, 2.05) is 60.7 Å². The number of hydrogen-bond donors (Lipinski definition) is 2. The van der Waals surface area contributed by atoms with Crippen molar-refractivity contribution in [3.63, 3.8) is 0 Å². The van der Waals surface area contributed by atoms with E-state index in [1.165, 1.54) is 4.31 Å². The lowest BCUT2D eigenvalue weighted by molar-refractivity contribution is -0.126. The highest BCUT2D eigenvalue weighted by Gasteiger charge is 2.32. The SMILES string of the molecule is O=C(Cc1ccccc1)NCCNC(=O)C1CCN(S(=O)(=O)c2ccc3ccccc3c2)CC1. The smallest absolute Gasteiger partial charge is 0.243 e. The Bertz CT molecular complexity index is 1250. The van der Waals surface area contributed by atoms with Crippen molar-refractivity contribution < 1.29 is 18.0 Å². The van der Waals surface area contributed by atoms with Gasteiger partial charge in [-0.2, -0.15) is 4.31 Å². The van der Waals surface area contributed by atoms with Crippen LogP contribution >= 0.6 is 0 Å². The zero-order valence-corrected chi connectivity index (χ0v) is 19.8. The van der Waals surface area contributed by atoms with Gasteiger partial charge in [-0.15, -0.1) is 0 Å². The first-order valence-corrected chi connectivity index (χ1v) is 12.9. The number of fused-ring (bicyclic) bond motifs is 1. The molecule has 0 bridgehead atoms. The molecular formula is C26H29N3O4S. The van der Waals surface area contributed by atoms with Crippen molar-refractivity contribution in [1.29, 1.82) is 0 Å². The van der Waals surface area contributed by atoms with E-state index in [-0.39, 0.29) is 22.6 Å². The quantitative estimate of drug-likeness (QED) is 0.486. The second kappa shape index (κ2) is 10.8. The van der Waals surface area contributed by atoms with Crippen LogP contribution in [0.4, 0.5) is 0 Å². The van der Waals surface area contributed by atoms with Crippen LogP contribution in [0, 0.1) is 5.92 Å². The van der Waals surface area contributed by atoms with Crippen molar-refractivity contribution in [2.24, 2.45) is 5.92 Å². The topological polar surface area (TPSA) is 95.6 Å². The van der Waals surface area contributed by atoms with E-state index in [0.717, 1.165) is 16.3 Å². The number of benzene rings is 3. The Hall–Kier alpha value is -3.23. The van der Waals surface area contributed by atoms with Crippen LogP contribution in [0.5, 0.6) is 0 Å². The second-order valence-corrected chi connectivity index (χ2v) is 10.4. The van der Waals surface area contributed by atoms with Crippen LogP contribution in [-0.4, -0.2) is 50.7 Å². The lowest BCUT2D eigenvalue weighted by atomic mass is 9.97. The van der Waals surface area contributed by atoms with Gasteiger partial charge in [-0.1, -0.05) is 60.7 Å². The molecular weight excluding hydrogens is 450 g/mol. The number of rotatable bonds is 8. The molecule has 0 spiro atoms. The van der Waals surface area contributed by atoms with Crippen molar-refractivity contribution in [3.05, 3.63) is 78.4 Å². The molecule has 3 aromatic rings. The summed E-state index contributed by atoms with van der Waals surface area (Å²) >= 11 is 0. The fourth-order valence-electron chi connectivity index (χ4n) is 4.21. The summed E-state index contributed by atoms with van der Waals surface area (Å²) in [5.41, 5.74) is 0.939. The highest BCUT2D eigenvalue weighted by Crippen LogP contribution is 2.26. The molecule has 0 unspecified atom stereocenters. The van der Waals surface area contributed by atoms with Gasteiger partial charge in [-0.25, -0.2) is 8.42 Å². The molecule has 0 saturated carbocycles. The normalized spacial score (nSPS) is 15.2. The van der Waals surface area contributed by atoms with Gasteiger partial charge in [0.05, 0.1) is 11.3 Å². The molecule has 7 nitrogen and oxygen atoms in total.